The van der Waals surface area contributed by atoms with Crippen LogP contribution >= 0.6 is 0 Å². The fourth-order valence-corrected chi connectivity index (χ4v) is 1.94. The summed E-state index contributed by atoms with van der Waals surface area (Å²) in [5, 5.41) is 19.3. The molecule has 4 nitrogen and oxygen atoms in total. The van der Waals surface area contributed by atoms with Crippen molar-refractivity contribution in [1.82, 2.24) is 0 Å². The first-order valence-electron chi connectivity index (χ1n) is 6.14. The maximum atomic E-state index is 11.2. The Morgan fingerprint density at radius 3 is 2.28 bits per heavy atom. The molecule has 18 heavy (non-hydrogen) atoms. The zero-order valence-electron chi connectivity index (χ0n) is 11.0. The average molecular weight is 252 g/mol. The average Bonchev–Trinajstić information content (AvgIpc) is 2.38. The van der Waals surface area contributed by atoms with Gasteiger partial charge in [-0.1, -0.05) is 26.0 Å². The molecule has 0 fully saturated rings. The molecule has 0 saturated heterocycles. The first-order valence-corrected chi connectivity index (χ1v) is 6.14. The van der Waals surface area contributed by atoms with Crippen molar-refractivity contribution in [3.63, 3.8) is 0 Å². The second-order valence-electron chi connectivity index (χ2n) is 4.31. The van der Waals surface area contributed by atoms with Crippen LogP contribution in [0.1, 0.15) is 38.7 Å². The Labute approximate surface area is 107 Å². The molecule has 0 aliphatic heterocycles. The number of hydrogen-bond acceptors (Lipinski definition) is 3. The Morgan fingerprint density at radius 1 is 1.33 bits per heavy atom. The summed E-state index contributed by atoms with van der Waals surface area (Å²) < 4.78 is 5.32. The van der Waals surface area contributed by atoms with Crippen molar-refractivity contribution in [2.45, 2.75) is 38.7 Å². The number of benzene rings is 1. The summed E-state index contributed by atoms with van der Waals surface area (Å²) in [4.78, 5) is 11.2. The highest BCUT2D eigenvalue weighted by molar-refractivity contribution is 5.78. The van der Waals surface area contributed by atoms with Gasteiger partial charge in [0.15, 0.2) is 5.60 Å². The van der Waals surface area contributed by atoms with Crippen LogP contribution in [-0.4, -0.2) is 28.4 Å². The summed E-state index contributed by atoms with van der Waals surface area (Å²) in [6.07, 6.45) is 0.163. The molecule has 0 spiro atoms. The number of carboxylic acid groups (broad SMARTS) is 1. The number of carbonyl (C=O) groups is 1. The zero-order valence-corrected chi connectivity index (χ0v) is 11.0. The van der Waals surface area contributed by atoms with Gasteiger partial charge in [-0.3, -0.25) is 0 Å². The summed E-state index contributed by atoms with van der Waals surface area (Å²) in [5.41, 5.74) is -0.946. The van der Waals surface area contributed by atoms with Gasteiger partial charge in [0, 0.05) is 5.92 Å². The van der Waals surface area contributed by atoms with Gasteiger partial charge >= 0.3 is 5.97 Å². The minimum absolute atomic E-state index is 0.163. The number of aliphatic hydroxyl groups is 1. The molecule has 2 N–H and O–H groups in total. The van der Waals surface area contributed by atoms with E-state index >= 15 is 0 Å². The van der Waals surface area contributed by atoms with E-state index in [0.29, 0.717) is 6.61 Å². The van der Waals surface area contributed by atoms with Gasteiger partial charge in [0.2, 0.25) is 0 Å². The predicted octanol–water partition coefficient (Wildman–Crippen LogP) is 2.41. The quantitative estimate of drug-likeness (QED) is 0.816. The molecule has 0 saturated carbocycles. The summed E-state index contributed by atoms with van der Waals surface area (Å²) in [6.45, 7) is 5.87. The molecule has 0 radical (unpaired) electrons. The Balaban J connectivity index is 2.95. The predicted molar refractivity (Wildman–Crippen MR) is 68.9 cm³/mol. The van der Waals surface area contributed by atoms with Crippen molar-refractivity contribution in [3.05, 3.63) is 29.8 Å². The number of carboxylic acids is 1. The number of ether oxygens (including phenoxy) is 1. The molecule has 1 rings (SSSR count). The van der Waals surface area contributed by atoms with Crippen molar-refractivity contribution < 1.29 is 19.7 Å². The van der Waals surface area contributed by atoms with E-state index in [2.05, 4.69) is 0 Å². The topological polar surface area (TPSA) is 66.8 Å². The van der Waals surface area contributed by atoms with Gasteiger partial charge in [-0.05, 0) is 31.0 Å². The Bertz CT molecular complexity index is 399. The van der Waals surface area contributed by atoms with Crippen molar-refractivity contribution in [3.8, 4) is 5.75 Å². The maximum Gasteiger partial charge on any atom is 0.336 e. The lowest BCUT2D eigenvalue weighted by atomic mass is 9.81. The first-order chi connectivity index (χ1) is 8.45. The van der Waals surface area contributed by atoms with Crippen molar-refractivity contribution in [2.24, 2.45) is 0 Å². The highest BCUT2D eigenvalue weighted by Crippen LogP contribution is 2.32. The Hall–Kier alpha value is -1.55. The van der Waals surface area contributed by atoms with E-state index in [1.54, 1.807) is 38.1 Å². The molecule has 100 valence electrons. The van der Waals surface area contributed by atoms with Crippen LogP contribution in [0.25, 0.3) is 0 Å². The van der Waals surface area contributed by atoms with Gasteiger partial charge in [-0.25, -0.2) is 4.79 Å². The SMILES string of the molecule is CCOc1ccc(C(C)C(O)(CC)C(=O)O)cc1. The fraction of sp³-hybridized carbons (Fsp3) is 0.500. The smallest absolute Gasteiger partial charge is 0.336 e. The van der Waals surface area contributed by atoms with E-state index in [0.717, 1.165) is 11.3 Å². The van der Waals surface area contributed by atoms with Crippen LogP contribution in [0.3, 0.4) is 0 Å². The van der Waals surface area contributed by atoms with Crippen LogP contribution in [-0.2, 0) is 4.79 Å². The number of hydrogen-bond donors (Lipinski definition) is 2. The van der Waals surface area contributed by atoms with Crippen LogP contribution in [0.5, 0.6) is 5.75 Å². The van der Waals surface area contributed by atoms with Crippen molar-refractivity contribution >= 4 is 5.97 Å². The van der Waals surface area contributed by atoms with Crippen LogP contribution in [0.15, 0.2) is 24.3 Å². The van der Waals surface area contributed by atoms with E-state index in [-0.39, 0.29) is 6.42 Å². The fourth-order valence-electron chi connectivity index (χ4n) is 1.94. The van der Waals surface area contributed by atoms with Crippen molar-refractivity contribution in [1.29, 1.82) is 0 Å². The van der Waals surface area contributed by atoms with E-state index < -0.39 is 17.5 Å². The molecule has 2 unspecified atom stereocenters. The zero-order chi connectivity index (χ0) is 13.8. The van der Waals surface area contributed by atoms with E-state index in [1.165, 1.54) is 0 Å². The standard InChI is InChI=1S/C14H20O4/c1-4-14(17,13(15)16)10(3)11-6-8-12(9-7-11)18-5-2/h6-10,17H,4-5H2,1-3H3,(H,15,16). The number of aliphatic carboxylic acids is 1. The van der Waals surface area contributed by atoms with E-state index in [9.17, 15) is 9.90 Å². The molecule has 0 heterocycles. The third-order valence-electron chi connectivity index (χ3n) is 3.32. The highest BCUT2D eigenvalue weighted by Gasteiger charge is 2.40. The molecule has 1 aromatic rings. The van der Waals surface area contributed by atoms with Crippen LogP contribution < -0.4 is 4.74 Å². The third kappa shape index (κ3) is 2.82. The summed E-state index contributed by atoms with van der Waals surface area (Å²) >= 11 is 0. The molecule has 0 aromatic heterocycles. The maximum absolute atomic E-state index is 11.2. The molecule has 0 aliphatic carbocycles. The largest absolute Gasteiger partial charge is 0.494 e. The molecule has 2 atom stereocenters. The minimum atomic E-state index is -1.73. The lowest BCUT2D eigenvalue weighted by Crippen LogP contribution is -2.42. The van der Waals surface area contributed by atoms with Gasteiger partial charge in [-0.15, -0.1) is 0 Å². The van der Waals surface area contributed by atoms with Crippen LogP contribution in [0.2, 0.25) is 0 Å². The van der Waals surface area contributed by atoms with Gasteiger partial charge in [0.25, 0.3) is 0 Å². The van der Waals surface area contributed by atoms with Crippen LogP contribution in [0.4, 0.5) is 0 Å². The normalized spacial score (nSPS) is 15.8. The third-order valence-corrected chi connectivity index (χ3v) is 3.32. The molecule has 0 bridgehead atoms. The first kappa shape index (κ1) is 14.5. The number of rotatable bonds is 6. The Kier molecular flexibility index (Phi) is 4.73. The monoisotopic (exact) mass is 252 g/mol. The highest BCUT2D eigenvalue weighted by atomic mass is 16.5. The molecule has 1 aromatic carbocycles. The summed E-state index contributed by atoms with van der Waals surface area (Å²) in [6, 6.07) is 7.15. The van der Waals surface area contributed by atoms with Gasteiger partial charge in [-0.2, -0.15) is 0 Å². The second kappa shape index (κ2) is 5.87. The van der Waals surface area contributed by atoms with E-state index in [1.807, 2.05) is 6.92 Å². The van der Waals surface area contributed by atoms with Crippen LogP contribution in [0, 0.1) is 0 Å². The Morgan fingerprint density at radius 2 is 1.89 bits per heavy atom. The summed E-state index contributed by atoms with van der Waals surface area (Å²) in [7, 11) is 0. The lowest BCUT2D eigenvalue weighted by molar-refractivity contribution is -0.161. The van der Waals surface area contributed by atoms with Gasteiger partial charge < -0.3 is 14.9 Å². The van der Waals surface area contributed by atoms with E-state index in [4.69, 9.17) is 9.84 Å². The summed E-state index contributed by atoms with van der Waals surface area (Å²) in [5.74, 6) is -0.925. The molecule has 4 heteroatoms. The molecular formula is C14H20O4. The molecule has 0 amide bonds. The van der Waals surface area contributed by atoms with Gasteiger partial charge in [0.05, 0.1) is 6.61 Å². The van der Waals surface area contributed by atoms with Gasteiger partial charge in [0.1, 0.15) is 5.75 Å². The molecule has 0 aliphatic rings. The molecular weight excluding hydrogens is 232 g/mol. The second-order valence-corrected chi connectivity index (χ2v) is 4.31. The van der Waals surface area contributed by atoms with Crippen molar-refractivity contribution in [2.75, 3.05) is 6.61 Å². The minimum Gasteiger partial charge on any atom is -0.494 e. The lowest BCUT2D eigenvalue weighted by Gasteiger charge is -2.29.